The molecule has 3 N–H and O–H groups in total. The van der Waals surface area contributed by atoms with E-state index in [0.29, 0.717) is 6.61 Å². The number of nitrogen functional groups attached to an aromatic ring is 1. The molecule has 0 amide bonds. The van der Waals surface area contributed by atoms with Gasteiger partial charge in [0, 0.05) is 12.3 Å². The van der Waals surface area contributed by atoms with E-state index in [1.807, 2.05) is 13.8 Å². The molecule has 11 nitrogen and oxygen atoms in total. The van der Waals surface area contributed by atoms with Crippen LogP contribution in [0.3, 0.4) is 0 Å². The number of aromatic amines is 1. The van der Waals surface area contributed by atoms with Gasteiger partial charge in [0.05, 0.1) is 12.9 Å². The fourth-order valence-corrected chi connectivity index (χ4v) is 6.80. The van der Waals surface area contributed by atoms with Gasteiger partial charge in [0.15, 0.2) is 17.4 Å². The third-order valence-electron chi connectivity index (χ3n) is 5.45. The van der Waals surface area contributed by atoms with Gasteiger partial charge in [0.1, 0.15) is 24.9 Å². The topological polar surface area (TPSA) is 144 Å². The van der Waals surface area contributed by atoms with Crippen LogP contribution in [0.4, 0.5) is 5.95 Å². The first-order valence-electron chi connectivity index (χ1n) is 11.1. The lowest BCUT2D eigenvalue weighted by atomic mass is 10.1. The normalized spacial score (nSPS) is 24.5. The Labute approximate surface area is 202 Å². The molecular formula is C21H32N5O6PS. The zero-order valence-corrected chi connectivity index (χ0v) is 21.5. The smallest absolute Gasteiger partial charge is 0.280 e. The monoisotopic (exact) mass is 513 g/mol. The van der Waals surface area contributed by atoms with Crippen molar-refractivity contribution >= 4 is 35.1 Å². The Kier molecular flexibility index (Phi) is 9.20. The number of aromatic nitrogens is 4. The molecule has 13 heteroatoms. The number of hydrogen-bond donors (Lipinski definition) is 2. The van der Waals surface area contributed by atoms with Crippen LogP contribution < -0.4 is 11.3 Å². The van der Waals surface area contributed by atoms with Crippen molar-refractivity contribution in [2.24, 2.45) is 0 Å². The summed E-state index contributed by atoms with van der Waals surface area (Å²) in [6, 6.07) is 0. The lowest BCUT2D eigenvalue weighted by molar-refractivity contribution is -0.0715. The van der Waals surface area contributed by atoms with Crippen LogP contribution in [-0.4, -0.2) is 69.6 Å². The van der Waals surface area contributed by atoms with Gasteiger partial charge >= 0.3 is 0 Å². The Morgan fingerprint density at radius 3 is 2.85 bits per heavy atom. The van der Waals surface area contributed by atoms with Gasteiger partial charge in [-0.2, -0.15) is 4.98 Å². The summed E-state index contributed by atoms with van der Waals surface area (Å²) in [5.74, 6) is 2.40. The van der Waals surface area contributed by atoms with Crippen LogP contribution in [0.2, 0.25) is 0 Å². The van der Waals surface area contributed by atoms with Crippen LogP contribution in [0.5, 0.6) is 0 Å². The third kappa shape index (κ3) is 5.67. The first-order chi connectivity index (χ1) is 16.3. The largest absolute Gasteiger partial charge is 0.379 e. The molecule has 3 heterocycles. The Bertz CT molecular complexity index is 1120. The van der Waals surface area contributed by atoms with Gasteiger partial charge in [0.2, 0.25) is 5.95 Å². The molecule has 1 aliphatic rings. The zero-order valence-electron chi connectivity index (χ0n) is 19.8. The molecule has 3 rings (SSSR count). The first-order valence-corrected chi connectivity index (χ1v) is 14.6. The Hall–Kier alpha value is -1.87. The summed E-state index contributed by atoms with van der Waals surface area (Å²) >= 11 is 1.18. The molecule has 0 spiro atoms. The molecule has 2 aromatic heterocycles. The van der Waals surface area contributed by atoms with Crippen molar-refractivity contribution in [1.29, 1.82) is 0 Å². The van der Waals surface area contributed by atoms with E-state index in [2.05, 4.69) is 27.8 Å². The number of hydrogen-bond acceptors (Lipinski definition) is 10. The van der Waals surface area contributed by atoms with Crippen LogP contribution in [0.1, 0.15) is 39.8 Å². The number of fused-ring (bicyclic) bond motifs is 1. The molecule has 5 atom stereocenters. The summed E-state index contributed by atoms with van der Waals surface area (Å²) in [5, 5.41) is 0. The number of terminal acetylenes is 1. The molecule has 0 bridgehead atoms. The number of nitrogens with zero attached hydrogens (tertiary/aromatic N) is 3. The minimum atomic E-state index is -3.11. The van der Waals surface area contributed by atoms with Crippen LogP contribution in [0.25, 0.3) is 11.2 Å². The summed E-state index contributed by atoms with van der Waals surface area (Å²) in [5.41, 5.74) is 5.38. The van der Waals surface area contributed by atoms with Gasteiger partial charge in [-0.05, 0) is 12.7 Å². The molecule has 188 valence electrons. The van der Waals surface area contributed by atoms with Crippen LogP contribution in [0.15, 0.2) is 11.1 Å². The van der Waals surface area contributed by atoms with E-state index in [1.165, 1.54) is 17.7 Å². The highest BCUT2D eigenvalue weighted by molar-refractivity contribution is 8.56. The van der Waals surface area contributed by atoms with Crippen molar-refractivity contribution in [3.05, 3.63) is 16.7 Å². The lowest BCUT2D eigenvalue weighted by Gasteiger charge is -2.29. The SMILES string of the molecule is C#CCOC1C(OP(=O)(SC)C(C)C)C(COCCCC)OC1n1cnc2c(=O)[nH]c(N)nc21. The van der Waals surface area contributed by atoms with E-state index in [9.17, 15) is 9.36 Å². The summed E-state index contributed by atoms with van der Waals surface area (Å²) in [6.45, 7) is 3.38. The molecule has 1 saturated heterocycles. The molecule has 0 aromatic carbocycles. The van der Waals surface area contributed by atoms with Gasteiger partial charge < -0.3 is 24.5 Å². The molecule has 2 aromatic rings. The highest BCUT2D eigenvalue weighted by Crippen LogP contribution is 2.64. The molecule has 5 unspecified atom stereocenters. The molecule has 34 heavy (non-hydrogen) atoms. The first kappa shape index (κ1) is 26.7. The maximum absolute atomic E-state index is 13.5. The number of unbranched alkanes of at least 4 members (excludes halogenated alkanes) is 1. The highest BCUT2D eigenvalue weighted by Gasteiger charge is 2.51. The van der Waals surface area contributed by atoms with E-state index in [4.69, 9.17) is 30.9 Å². The number of imidazole rings is 1. The number of H-pyrrole nitrogens is 1. The molecule has 0 saturated carbocycles. The predicted octanol–water partition coefficient (Wildman–Crippen LogP) is 2.78. The number of nitrogens with one attached hydrogen (secondary N) is 1. The standard InChI is InChI=1S/C21H32N5O6PS/c1-6-8-10-29-11-14-16(32-33(28,34-5)13(3)4)17(30-9-7-2)20(31-14)26-12-23-15-18(26)24-21(22)25-19(15)27/h2,12-14,16-17,20H,6,8-11H2,1,3-5H3,(H3,22,24,25,27). The molecule has 1 fully saturated rings. The van der Waals surface area contributed by atoms with Crippen molar-refractivity contribution in [2.75, 3.05) is 31.8 Å². The van der Waals surface area contributed by atoms with Gasteiger partial charge in [-0.25, -0.2) is 4.98 Å². The van der Waals surface area contributed by atoms with Crippen molar-refractivity contribution < 1.29 is 23.3 Å². The quantitative estimate of drug-likeness (QED) is 0.247. The highest BCUT2D eigenvalue weighted by atomic mass is 32.7. The molecular weight excluding hydrogens is 481 g/mol. The number of anilines is 1. The van der Waals surface area contributed by atoms with Crippen molar-refractivity contribution in [3.63, 3.8) is 0 Å². The van der Waals surface area contributed by atoms with Crippen LogP contribution in [0, 0.1) is 12.3 Å². The van der Waals surface area contributed by atoms with Gasteiger partial charge in [-0.3, -0.25) is 18.9 Å². The third-order valence-corrected chi connectivity index (χ3v) is 10.8. The Balaban J connectivity index is 2.02. The molecule has 0 radical (unpaired) electrons. The van der Waals surface area contributed by atoms with Crippen LogP contribution >= 0.6 is 18.0 Å². The fourth-order valence-electron chi connectivity index (χ4n) is 3.64. The van der Waals surface area contributed by atoms with Gasteiger partial charge in [-0.15, -0.1) is 6.42 Å². The fraction of sp³-hybridized carbons (Fsp3) is 0.667. The maximum atomic E-state index is 13.5. The maximum Gasteiger partial charge on any atom is 0.280 e. The van der Waals surface area contributed by atoms with Crippen molar-refractivity contribution in [1.82, 2.24) is 19.5 Å². The second kappa shape index (κ2) is 11.7. The number of ether oxygens (including phenoxy) is 3. The summed E-state index contributed by atoms with van der Waals surface area (Å²) in [7, 11) is 0. The van der Waals surface area contributed by atoms with E-state index < -0.39 is 36.7 Å². The predicted molar refractivity (Wildman–Crippen MR) is 132 cm³/mol. The zero-order chi connectivity index (χ0) is 24.9. The minimum absolute atomic E-state index is 0.0260. The van der Waals surface area contributed by atoms with Gasteiger partial charge in [0.25, 0.3) is 12.1 Å². The summed E-state index contributed by atoms with van der Waals surface area (Å²) in [4.78, 5) is 23.1. The second-order valence-corrected chi connectivity index (χ2v) is 13.4. The Morgan fingerprint density at radius 2 is 2.21 bits per heavy atom. The number of nitrogens with two attached hydrogens (primary N) is 1. The molecule has 1 aliphatic heterocycles. The van der Waals surface area contributed by atoms with Crippen molar-refractivity contribution in [3.8, 4) is 12.3 Å². The van der Waals surface area contributed by atoms with Crippen LogP contribution in [-0.2, 0) is 23.3 Å². The van der Waals surface area contributed by atoms with E-state index in [-0.39, 0.29) is 36.0 Å². The average Bonchev–Trinajstić information content (AvgIpc) is 3.36. The van der Waals surface area contributed by atoms with Crippen molar-refractivity contribution in [2.45, 2.75) is 63.8 Å². The van der Waals surface area contributed by atoms with E-state index in [0.717, 1.165) is 12.8 Å². The Morgan fingerprint density at radius 1 is 1.44 bits per heavy atom. The molecule has 0 aliphatic carbocycles. The number of rotatable bonds is 12. The second-order valence-electron chi connectivity index (χ2n) is 8.13. The van der Waals surface area contributed by atoms with Gasteiger partial charge in [-0.1, -0.05) is 44.5 Å². The average molecular weight is 514 g/mol. The minimum Gasteiger partial charge on any atom is -0.379 e. The summed E-state index contributed by atoms with van der Waals surface area (Å²) in [6.07, 6.45) is 7.57. The van der Waals surface area contributed by atoms with E-state index >= 15 is 0 Å². The lowest BCUT2D eigenvalue weighted by Crippen LogP contribution is -2.38. The summed E-state index contributed by atoms with van der Waals surface area (Å²) < 4.78 is 39.5. The van der Waals surface area contributed by atoms with E-state index in [1.54, 1.807) is 10.8 Å².